The Morgan fingerprint density at radius 3 is 2.71 bits per heavy atom. The van der Waals surface area contributed by atoms with Crippen molar-refractivity contribution in [3.8, 4) is 5.88 Å². The van der Waals surface area contributed by atoms with E-state index < -0.39 is 0 Å². The molecule has 0 aliphatic rings. The molecule has 0 fully saturated rings. The molecule has 0 unspecified atom stereocenters. The monoisotopic (exact) mass is 188 g/mol. The van der Waals surface area contributed by atoms with E-state index in [0.717, 1.165) is 11.3 Å². The molecule has 72 valence electrons. The lowest BCUT2D eigenvalue weighted by atomic mass is 10.2. The van der Waals surface area contributed by atoms with Crippen molar-refractivity contribution in [1.82, 2.24) is 10.2 Å². The maximum absolute atomic E-state index is 5.47. The summed E-state index contributed by atoms with van der Waals surface area (Å²) in [5, 5.41) is 6.81. The van der Waals surface area contributed by atoms with Crippen molar-refractivity contribution < 1.29 is 4.74 Å². The van der Waals surface area contributed by atoms with Crippen LogP contribution in [0.25, 0.3) is 0 Å². The van der Waals surface area contributed by atoms with Gasteiger partial charge in [-0.25, -0.2) is 0 Å². The number of rotatable bonds is 3. The number of hydrogen-bond acceptors (Lipinski definition) is 2. The number of nitrogens with zero attached hydrogens (tertiary/aromatic N) is 1. The van der Waals surface area contributed by atoms with Crippen molar-refractivity contribution in [2.75, 3.05) is 0 Å². The molecule has 0 saturated heterocycles. The van der Waals surface area contributed by atoms with Crippen LogP contribution in [-0.4, -0.2) is 10.2 Å². The summed E-state index contributed by atoms with van der Waals surface area (Å²) >= 11 is 0. The van der Waals surface area contributed by atoms with Crippen molar-refractivity contribution >= 4 is 0 Å². The van der Waals surface area contributed by atoms with Crippen LogP contribution in [0.15, 0.2) is 36.4 Å². The zero-order valence-corrected chi connectivity index (χ0v) is 8.03. The van der Waals surface area contributed by atoms with Crippen molar-refractivity contribution in [3.63, 3.8) is 0 Å². The van der Waals surface area contributed by atoms with E-state index in [-0.39, 0.29) is 0 Å². The smallest absolute Gasteiger partial charge is 0.233 e. The lowest BCUT2D eigenvalue weighted by Gasteiger charge is -2.01. The van der Waals surface area contributed by atoms with Gasteiger partial charge in [-0.05, 0) is 12.5 Å². The molecule has 0 aliphatic heterocycles. The topological polar surface area (TPSA) is 37.9 Å². The number of aromatic amines is 1. The third-order valence-corrected chi connectivity index (χ3v) is 1.91. The van der Waals surface area contributed by atoms with Crippen LogP contribution < -0.4 is 4.74 Å². The Labute approximate surface area is 82.7 Å². The predicted octanol–water partition coefficient (Wildman–Crippen LogP) is 2.30. The molecule has 1 heterocycles. The molecule has 0 aliphatic carbocycles. The fourth-order valence-electron chi connectivity index (χ4n) is 1.20. The standard InChI is InChI=1S/C11H12N2O/c1-9-7-11(13-12-9)14-8-10-5-3-2-4-6-10/h2-7H,8H2,1H3,(H,12,13). The van der Waals surface area contributed by atoms with E-state index in [9.17, 15) is 0 Å². The van der Waals surface area contributed by atoms with Gasteiger partial charge >= 0.3 is 0 Å². The highest BCUT2D eigenvalue weighted by Gasteiger charge is 1.98. The SMILES string of the molecule is Cc1cc(OCc2ccccc2)n[nH]1. The molecule has 0 radical (unpaired) electrons. The molecular weight excluding hydrogens is 176 g/mol. The number of benzene rings is 1. The summed E-state index contributed by atoms with van der Waals surface area (Å²) in [5.74, 6) is 0.645. The molecule has 14 heavy (non-hydrogen) atoms. The lowest BCUT2D eigenvalue weighted by Crippen LogP contribution is -1.94. The number of nitrogens with one attached hydrogen (secondary N) is 1. The zero-order chi connectivity index (χ0) is 9.80. The first-order chi connectivity index (χ1) is 6.84. The van der Waals surface area contributed by atoms with Gasteiger partial charge in [-0.3, -0.25) is 5.10 Å². The number of ether oxygens (including phenoxy) is 1. The number of H-pyrrole nitrogens is 1. The minimum Gasteiger partial charge on any atom is -0.472 e. The first kappa shape index (κ1) is 8.81. The molecule has 0 amide bonds. The summed E-state index contributed by atoms with van der Waals surface area (Å²) in [4.78, 5) is 0. The maximum atomic E-state index is 5.47. The second-order valence-corrected chi connectivity index (χ2v) is 3.16. The molecule has 0 bridgehead atoms. The summed E-state index contributed by atoms with van der Waals surface area (Å²) in [6.45, 7) is 2.51. The molecule has 0 atom stereocenters. The van der Waals surface area contributed by atoms with E-state index in [1.54, 1.807) is 0 Å². The van der Waals surface area contributed by atoms with Crippen LogP contribution in [0.2, 0.25) is 0 Å². The van der Waals surface area contributed by atoms with E-state index in [0.29, 0.717) is 12.5 Å². The van der Waals surface area contributed by atoms with Crippen molar-refractivity contribution in [2.45, 2.75) is 13.5 Å². The van der Waals surface area contributed by atoms with Gasteiger partial charge in [-0.2, -0.15) is 0 Å². The Bertz CT molecular complexity index is 395. The molecule has 2 aromatic rings. The second kappa shape index (κ2) is 3.96. The van der Waals surface area contributed by atoms with Crippen molar-refractivity contribution in [2.24, 2.45) is 0 Å². The third kappa shape index (κ3) is 2.13. The predicted molar refractivity (Wildman–Crippen MR) is 54.1 cm³/mol. The fourth-order valence-corrected chi connectivity index (χ4v) is 1.20. The van der Waals surface area contributed by atoms with E-state index >= 15 is 0 Å². The molecule has 0 spiro atoms. The highest BCUT2D eigenvalue weighted by atomic mass is 16.5. The van der Waals surface area contributed by atoms with Crippen molar-refractivity contribution in [1.29, 1.82) is 0 Å². The highest BCUT2D eigenvalue weighted by molar-refractivity contribution is 5.16. The lowest BCUT2D eigenvalue weighted by molar-refractivity contribution is 0.293. The van der Waals surface area contributed by atoms with E-state index in [4.69, 9.17) is 4.74 Å². The van der Waals surface area contributed by atoms with Gasteiger partial charge in [0.1, 0.15) is 6.61 Å². The first-order valence-electron chi connectivity index (χ1n) is 4.53. The quantitative estimate of drug-likeness (QED) is 0.802. The van der Waals surface area contributed by atoms with Crippen LogP contribution in [0.5, 0.6) is 5.88 Å². The van der Waals surface area contributed by atoms with Gasteiger partial charge in [0.2, 0.25) is 5.88 Å². The minimum atomic E-state index is 0.561. The van der Waals surface area contributed by atoms with Crippen LogP contribution in [-0.2, 0) is 6.61 Å². The van der Waals surface area contributed by atoms with Gasteiger partial charge in [0, 0.05) is 11.8 Å². The first-order valence-corrected chi connectivity index (χ1v) is 4.53. The van der Waals surface area contributed by atoms with Gasteiger partial charge in [0.15, 0.2) is 0 Å². The van der Waals surface area contributed by atoms with Gasteiger partial charge in [-0.15, -0.1) is 5.10 Å². The Hall–Kier alpha value is -1.77. The normalized spacial score (nSPS) is 10.1. The van der Waals surface area contributed by atoms with Crippen LogP contribution in [0, 0.1) is 6.92 Å². The fraction of sp³-hybridized carbons (Fsp3) is 0.182. The highest BCUT2D eigenvalue weighted by Crippen LogP contribution is 2.09. The Kier molecular flexibility index (Phi) is 2.49. The Morgan fingerprint density at radius 1 is 1.29 bits per heavy atom. The van der Waals surface area contributed by atoms with Crippen molar-refractivity contribution in [3.05, 3.63) is 47.7 Å². The maximum Gasteiger partial charge on any atom is 0.233 e. The van der Waals surface area contributed by atoms with Crippen LogP contribution in [0.4, 0.5) is 0 Å². The Balaban J connectivity index is 1.95. The van der Waals surface area contributed by atoms with Gasteiger partial charge in [0.25, 0.3) is 0 Å². The van der Waals surface area contributed by atoms with Gasteiger partial charge in [0.05, 0.1) is 0 Å². The number of hydrogen-bond donors (Lipinski definition) is 1. The van der Waals surface area contributed by atoms with E-state index in [1.807, 2.05) is 43.3 Å². The molecular formula is C11H12N2O. The van der Waals surface area contributed by atoms with E-state index in [2.05, 4.69) is 10.2 Å². The average Bonchev–Trinajstić information content (AvgIpc) is 2.63. The summed E-state index contributed by atoms with van der Waals surface area (Å²) < 4.78 is 5.47. The number of aryl methyl sites for hydroxylation is 1. The second-order valence-electron chi connectivity index (χ2n) is 3.16. The molecule has 1 aromatic carbocycles. The summed E-state index contributed by atoms with van der Waals surface area (Å²) in [6.07, 6.45) is 0. The molecule has 2 rings (SSSR count). The molecule has 1 aromatic heterocycles. The summed E-state index contributed by atoms with van der Waals surface area (Å²) in [6, 6.07) is 11.9. The van der Waals surface area contributed by atoms with Crippen LogP contribution in [0.3, 0.4) is 0 Å². The van der Waals surface area contributed by atoms with Crippen LogP contribution in [0.1, 0.15) is 11.3 Å². The molecule has 1 N–H and O–H groups in total. The third-order valence-electron chi connectivity index (χ3n) is 1.91. The Morgan fingerprint density at radius 2 is 2.07 bits per heavy atom. The minimum absolute atomic E-state index is 0.561. The zero-order valence-electron chi connectivity index (χ0n) is 8.03. The molecule has 0 saturated carbocycles. The number of aromatic nitrogens is 2. The summed E-state index contributed by atoms with van der Waals surface area (Å²) in [5.41, 5.74) is 2.15. The molecule has 3 nitrogen and oxygen atoms in total. The average molecular weight is 188 g/mol. The van der Waals surface area contributed by atoms with Crippen LogP contribution >= 0.6 is 0 Å². The van der Waals surface area contributed by atoms with E-state index in [1.165, 1.54) is 0 Å². The van der Waals surface area contributed by atoms with Gasteiger partial charge in [-0.1, -0.05) is 30.3 Å². The van der Waals surface area contributed by atoms with Gasteiger partial charge < -0.3 is 4.74 Å². The molecule has 3 heteroatoms. The summed E-state index contributed by atoms with van der Waals surface area (Å²) in [7, 11) is 0. The largest absolute Gasteiger partial charge is 0.472 e.